The van der Waals surface area contributed by atoms with Crippen molar-refractivity contribution in [1.29, 1.82) is 0 Å². The molecule has 1 saturated carbocycles. The molecule has 0 aromatic heterocycles. The Morgan fingerprint density at radius 2 is 1.96 bits per heavy atom. The first-order chi connectivity index (χ1) is 11.3. The SMILES string of the molecule is Cc1ccc(N)cc1NC(=O)C(C)N1C(=O)NC2(CCCC2)C1=O.Cl. The maximum atomic E-state index is 12.7. The number of hydrogen-bond donors (Lipinski definition) is 3. The maximum Gasteiger partial charge on any atom is 0.325 e. The van der Waals surface area contributed by atoms with Crippen molar-refractivity contribution >= 4 is 41.6 Å². The summed E-state index contributed by atoms with van der Waals surface area (Å²) in [5.41, 5.74) is 6.90. The number of urea groups is 1. The van der Waals surface area contributed by atoms with Gasteiger partial charge in [0, 0.05) is 11.4 Å². The van der Waals surface area contributed by atoms with Crippen LogP contribution in [0.5, 0.6) is 0 Å². The van der Waals surface area contributed by atoms with Gasteiger partial charge < -0.3 is 16.4 Å². The van der Waals surface area contributed by atoms with E-state index in [2.05, 4.69) is 10.6 Å². The minimum Gasteiger partial charge on any atom is -0.399 e. The molecule has 25 heavy (non-hydrogen) atoms. The minimum atomic E-state index is -0.890. The molecule has 1 saturated heterocycles. The van der Waals surface area contributed by atoms with Crippen molar-refractivity contribution < 1.29 is 14.4 Å². The fraction of sp³-hybridized carbons (Fsp3) is 0.471. The van der Waals surface area contributed by atoms with E-state index in [4.69, 9.17) is 5.73 Å². The van der Waals surface area contributed by atoms with Crippen LogP contribution in [0, 0.1) is 6.92 Å². The van der Waals surface area contributed by atoms with Crippen LogP contribution in [0.2, 0.25) is 0 Å². The van der Waals surface area contributed by atoms with E-state index in [1.165, 1.54) is 0 Å². The number of carbonyl (C=O) groups is 3. The highest BCUT2D eigenvalue weighted by Crippen LogP contribution is 2.35. The summed E-state index contributed by atoms with van der Waals surface area (Å²) in [6, 6.07) is 3.82. The second kappa shape index (κ2) is 6.92. The van der Waals surface area contributed by atoms with Crippen LogP contribution in [0.3, 0.4) is 0 Å². The Balaban J connectivity index is 0.00000225. The third-order valence-corrected chi connectivity index (χ3v) is 4.94. The van der Waals surface area contributed by atoms with Crippen LogP contribution >= 0.6 is 12.4 Å². The molecule has 136 valence electrons. The zero-order valence-corrected chi connectivity index (χ0v) is 15.1. The third-order valence-electron chi connectivity index (χ3n) is 4.94. The van der Waals surface area contributed by atoms with Crippen molar-refractivity contribution in [3.63, 3.8) is 0 Å². The second-order valence-electron chi connectivity index (χ2n) is 6.63. The number of rotatable bonds is 3. The Kier molecular flexibility index (Phi) is 5.27. The summed E-state index contributed by atoms with van der Waals surface area (Å²) in [5.74, 6) is -0.709. The van der Waals surface area contributed by atoms with Crippen molar-refractivity contribution in [2.24, 2.45) is 0 Å². The molecule has 1 heterocycles. The molecule has 1 unspecified atom stereocenters. The summed E-state index contributed by atoms with van der Waals surface area (Å²) in [7, 11) is 0. The Labute approximate surface area is 152 Å². The number of benzene rings is 1. The van der Waals surface area contributed by atoms with Crippen LogP contribution < -0.4 is 16.4 Å². The largest absolute Gasteiger partial charge is 0.399 e. The first-order valence-electron chi connectivity index (χ1n) is 8.17. The highest BCUT2D eigenvalue weighted by molar-refractivity contribution is 6.11. The van der Waals surface area contributed by atoms with Gasteiger partial charge in [0.1, 0.15) is 11.6 Å². The summed E-state index contributed by atoms with van der Waals surface area (Å²) < 4.78 is 0. The van der Waals surface area contributed by atoms with Crippen LogP contribution in [-0.4, -0.2) is 34.3 Å². The highest BCUT2D eigenvalue weighted by Gasteiger charge is 2.54. The number of nitrogens with zero attached hydrogens (tertiary/aromatic N) is 1. The van der Waals surface area contributed by atoms with E-state index in [-0.39, 0.29) is 18.3 Å². The van der Waals surface area contributed by atoms with Crippen LogP contribution in [0.15, 0.2) is 18.2 Å². The number of carbonyl (C=O) groups excluding carboxylic acids is 3. The van der Waals surface area contributed by atoms with Crippen LogP contribution in [0.1, 0.15) is 38.2 Å². The van der Waals surface area contributed by atoms with Gasteiger partial charge >= 0.3 is 6.03 Å². The van der Waals surface area contributed by atoms with Crippen LogP contribution in [-0.2, 0) is 9.59 Å². The van der Waals surface area contributed by atoms with Crippen molar-refractivity contribution in [3.8, 4) is 0 Å². The fourth-order valence-corrected chi connectivity index (χ4v) is 3.44. The van der Waals surface area contributed by atoms with E-state index in [9.17, 15) is 14.4 Å². The average molecular weight is 367 g/mol. The molecule has 1 aliphatic carbocycles. The van der Waals surface area contributed by atoms with Gasteiger partial charge in [-0.3, -0.25) is 9.59 Å². The van der Waals surface area contributed by atoms with E-state index in [0.717, 1.165) is 23.3 Å². The lowest BCUT2D eigenvalue weighted by atomic mass is 9.97. The van der Waals surface area contributed by atoms with E-state index >= 15 is 0 Å². The average Bonchev–Trinajstić information content (AvgIpc) is 3.09. The molecule has 1 aromatic rings. The topological polar surface area (TPSA) is 105 Å². The molecule has 7 nitrogen and oxygen atoms in total. The predicted molar refractivity (Wildman–Crippen MR) is 97.5 cm³/mol. The molecule has 2 aliphatic rings. The number of aryl methyl sites for hydroxylation is 1. The van der Waals surface area contributed by atoms with Gasteiger partial charge in [-0.1, -0.05) is 18.9 Å². The Morgan fingerprint density at radius 1 is 1.32 bits per heavy atom. The lowest BCUT2D eigenvalue weighted by Gasteiger charge is -2.23. The number of halogens is 1. The zero-order chi connectivity index (χ0) is 17.5. The van der Waals surface area contributed by atoms with Gasteiger partial charge in [0.25, 0.3) is 5.91 Å². The molecule has 8 heteroatoms. The summed E-state index contributed by atoms with van der Waals surface area (Å²) in [6.45, 7) is 3.41. The van der Waals surface area contributed by atoms with Gasteiger partial charge in [-0.05, 0) is 44.4 Å². The zero-order valence-electron chi connectivity index (χ0n) is 14.3. The Hall–Kier alpha value is -2.28. The quantitative estimate of drug-likeness (QED) is 0.563. The first kappa shape index (κ1) is 19.1. The van der Waals surface area contributed by atoms with Gasteiger partial charge in [-0.15, -0.1) is 12.4 Å². The lowest BCUT2D eigenvalue weighted by Crippen LogP contribution is -2.48. The number of nitrogens with one attached hydrogen (secondary N) is 2. The molecule has 1 atom stereocenters. The second-order valence-corrected chi connectivity index (χ2v) is 6.63. The smallest absolute Gasteiger partial charge is 0.325 e. The van der Waals surface area contributed by atoms with E-state index in [1.54, 1.807) is 25.1 Å². The molecule has 3 rings (SSSR count). The third kappa shape index (κ3) is 3.28. The van der Waals surface area contributed by atoms with Gasteiger partial charge in [-0.2, -0.15) is 0 Å². The molecule has 0 radical (unpaired) electrons. The molecule has 1 aliphatic heterocycles. The fourth-order valence-electron chi connectivity index (χ4n) is 3.44. The molecular formula is C17H23ClN4O3. The number of imide groups is 1. The van der Waals surface area contributed by atoms with Crippen LogP contribution in [0.25, 0.3) is 0 Å². The van der Waals surface area contributed by atoms with E-state index in [0.29, 0.717) is 24.2 Å². The molecule has 4 N–H and O–H groups in total. The Morgan fingerprint density at radius 3 is 2.60 bits per heavy atom. The number of nitrogens with two attached hydrogens (primary N) is 1. The molecule has 1 spiro atoms. The first-order valence-corrected chi connectivity index (χ1v) is 8.17. The summed E-state index contributed by atoms with van der Waals surface area (Å²) in [4.78, 5) is 38.5. The summed E-state index contributed by atoms with van der Waals surface area (Å²) >= 11 is 0. The van der Waals surface area contributed by atoms with Crippen molar-refractivity contribution in [2.75, 3.05) is 11.1 Å². The van der Waals surface area contributed by atoms with Crippen LogP contribution in [0.4, 0.5) is 16.2 Å². The number of amides is 4. The molecule has 1 aromatic carbocycles. The molecular weight excluding hydrogens is 344 g/mol. The van der Waals surface area contributed by atoms with Crippen molar-refractivity contribution in [2.45, 2.75) is 51.1 Å². The molecule has 2 fully saturated rings. The number of hydrogen-bond acceptors (Lipinski definition) is 4. The molecule has 4 amide bonds. The number of anilines is 2. The summed E-state index contributed by atoms with van der Waals surface area (Å²) in [6.07, 6.45) is 3.08. The Bertz CT molecular complexity index is 716. The highest BCUT2D eigenvalue weighted by atomic mass is 35.5. The molecule has 0 bridgehead atoms. The monoisotopic (exact) mass is 366 g/mol. The van der Waals surface area contributed by atoms with Crippen molar-refractivity contribution in [1.82, 2.24) is 10.2 Å². The normalized spacial score (nSPS) is 19.5. The lowest BCUT2D eigenvalue weighted by molar-refractivity contribution is -0.136. The van der Waals surface area contributed by atoms with Gasteiger partial charge in [-0.25, -0.2) is 9.69 Å². The van der Waals surface area contributed by atoms with E-state index < -0.39 is 23.5 Å². The maximum absolute atomic E-state index is 12.7. The number of nitrogen functional groups attached to an aromatic ring is 1. The predicted octanol–water partition coefficient (Wildman–Crippen LogP) is 2.19. The summed E-state index contributed by atoms with van der Waals surface area (Å²) in [5, 5.41) is 5.54. The van der Waals surface area contributed by atoms with Gasteiger partial charge in [0.05, 0.1) is 0 Å². The van der Waals surface area contributed by atoms with Gasteiger partial charge in [0.15, 0.2) is 0 Å². The van der Waals surface area contributed by atoms with Gasteiger partial charge in [0.2, 0.25) is 5.91 Å². The van der Waals surface area contributed by atoms with E-state index in [1.807, 2.05) is 6.92 Å². The van der Waals surface area contributed by atoms with Crippen molar-refractivity contribution in [3.05, 3.63) is 23.8 Å². The minimum absolute atomic E-state index is 0. The standard InChI is InChI=1S/C17H22N4O3.ClH/c1-10-5-6-12(18)9-13(10)19-14(22)11(2)21-15(23)17(20-16(21)24)7-3-4-8-17;/h5-6,9,11H,3-4,7-8,18H2,1-2H3,(H,19,22)(H,20,24);1H.